The number of para-hydroxylation sites is 1. The number of aromatic nitrogens is 3. The molecule has 126 valence electrons. The van der Waals surface area contributed by atoms with Crippen molar-refractivity contribution in [1.29, 1.82) is 0 Å². The highest BCUT2D eigenvalue weighted by molar-refractivity contribution is 7.16. The van der Waals surface area contributed by atoms with Crippen LogP contribution in [0, 0.1) is 0 Å². The summed E-state index contributed by atoms with van der Waals surface area (Å²) in [6.45, 7) is 2.10. The molecule has 0 unspecified atom stereocenters. The van der Waals surface area contributed by atoms with Gasteiger partial charge in [-0.05, 0) is 18.6 Å². The van der Waals surface area contributed by atoms with Crippen molar-refractivity contribution in [3.8, 4) is 5.75 Å². The Bertz CT molecular complexity index is 1030. The minimum absolute atomic E-state index is 0.0962. The Labute approximate surface area is 147 Å². The van der Waals surface area contributed by atoms with E-state index >= 15 is 0 Å². The number of nitrogens with one attached hydrogen (secondary N) is 1. The first-order valence-corrected chi connectivity index (χ1v) is 8.71. The molecule has 4 rings (SSSR count). The smallest absolute Gasteiger partial charge is 0.273 e. The normalized spacial score (nSPS) is 15.4. The van der Waals surface area contributed by atoms with Crippen LogP contribution < -0.4 is 5.43 Å². The molecule has 3 aromatic rings. The summed E-state index contributed by atoms with van der Waals surface area (Å²) in [7, 11) is 0. The maximum atomic E-state index is 12.4. The molecule has 0 saturated heterocycles. The van der Waals surface area contributed by atoms with Crippen molar-refractivity contribution in [2.24, 2.45) is 5.10 Å². The number of aryl methyl sites for hydroxylation is 1. The Morgan fingerprint density at radius 3 is 3.00 bits per heavy atom. The van der Waals surface area contributed by atoms with Gasteiger partial charge in [-0.25, -0.2) is 14.9 Å². The molecule has 8 heteroatoms. The molecule has 0 spiro atoms. The van der Waals surface area contributed by atoms with Crippen molar-refractivity contribution in [2.75, 3.05) is 0 Å². The fourth-order valence-electron chi connectivity index (χ4n) is 2.65. The van der Waals surface area contributed by atoms with Crippen molar-refractivity contribution in [3.63, 3.8) is 0 Å². The van der Waals surface area contributed by atoms with Gasteiger partial charge in [0.25, 0.3) is 5.91 Å². The minimum atomic E-state index is -0.377. The van der Waals surface area contributed by atoms with Crippen LogP contribution in [-0.2, 0) is 11.2 Å². The average Bonchev–Trinajstić information content (AvgIpc) is 3.08. The summed E-state index contributed by atoms with van der Waals surface area (Å²) in [6, 6.07) is 6.83. The number of hydrazone groups is 1. The van der Waals surface area contributed by atoms with Crippen LogP contribution in [0.4, 0.5) is 0 Å². The van der Waals surface area contributed by atoms with E-state index in [4.69, 9.17) is 0 Å². The van der Waals surface area contributed by atoms with E-state index in [1.807, 2.05) is 0 Å². The van der Waals surface area contributed by atoms with E-state index in [0.717, 1.165) is 22.8 Å². The molecule has 1 aliphatic rings. The molecule has 25 heavy (non-hydrogen) atoms. The zero-order valence-corrected chi connectivity index (χ0v) is 14.2. The van der Waals surface area contributed by atoms with Crippen LogP contribution in [0.25, 0.3) is 16.6 Å². The van der Waals surface area contributed by atoms with Crippen molar-refractivity contribution in [1.82, 2.24) is 20.0 Å². The van der Waals surface area contributed by atoms with Crippen LogP contribution >= 0.6 is 11.3 Å². The number of benzene rings is 1. The van der Waals surface area contributed by atoms with E-state index in [2.05, 4.69) is 27.5 Å². The fraction of sp³-hybridized carbons (Fsp3) is 0.176. The molecular formula is C17H15N5O2S. The van der Waals surface area contributed by atoms with Crippen molar-refractivity contribution < 1.29 is 9.90 Å². The lowest BCUT2D eigenvalue weighted by Crippen LogP contribution is -2.17. The molecule has 7 nitrogen and oxygen atoms in total. The van der Waals surface area contributed by atoms with Crippen LogP contribution in [0.2, 0.25) is 0 Å². The summed E-state index contributed by atoms with van der Waals surface area (Å²) in [5.74, 6) is -0.281. The molecule has 0 saturated carbocycles. The Hall–Kier alpha value is -3.00. The van der Waals surface area contributed by atoms with Crippen molar-refractivity contribution >= 4 is 40.1 Å². The number of phenolic OH excluding ortho intramolecular Hbond substituents is 1. The van der Waals surface area contributed by atoms with Gasteiger partial charge in [-0.3, -0.25) is 4.79 Å². The van der Waals surface area contributed by atoms with Crippen LogP contribution in [0.3, 0.4) is 0 Å². The van der Waals surface area contributed by atoms with E-state index in [-0.39, 0.29) is 11.7 Å². The number of rotatable bonds is 3. The van der Waals surface area contributed by atoms with E-state index < -0.39 is 0 Å². The second-order valence-electron chi connectivity index (χ2n) is 5.60. The quantitative estimate of drug-likeness (QED) is 0.708. The molecule has 0 fully saturated rings. The zero-order chi connectivity index (χ0) is 17.4. The SMILES string of the molecule is CCCc1nn2c3c(nc2s1)/C(=C/c1ccccc1O)C(=O)NN=C3. The van der Waals surface area contributed by atoms with E-state index in [9.17, 15) is 9.90 Å². The second kappa shape index (κ2) is 6.14. The van der Waals surface area contributed by atoms with Crippen LogP contribution in [0.15, 0.2) is 29.4 Å². The third kappa shape index (κ3) is 2.70. The molecule has 1 aromatic carbocycles. The van der Waals surface area contributed by atoms with E-state index in [1.165, 1.54) is 11.3 Å². The Balaban J connectivity index is 1.89. The number of aromatic hydroxyl groups is 1. The predicted molar refractivity (Wildman–Crippen MR) is 96.6 cm³/mol. The third-order valence-corrected chi connectivity index (χ3v) is 4.80. The van der Waals surface area contributed by atoms with Gasteiger partial charge in [0, 0.05) is 12.0 Å². The highest BCUT2D eigenvalue weighted by Gasteiger charge is 2.25. The van der Waals surface area contributed by atoms with Gasteiger partial charge in [0.2, 0.25) is 4.96 Å². The topological polar surface area (TPSA) is 91.9 Å². The van der Waals surface area contributed by atoms with E-state index in [0.29, 0.717) is 22.5 Å². The number of carbonyl (C=O) groups excluding carboxylic acids is 1. The zero-order valence-electron chi connectivity index (χ0n) is 13.4. The first-order chi connectivity index (χ1) is 12.2. The lowest BCUT2D eigenvalue weighted by molar-refractivity contribution is -0.115. The first-order valence-electron chi connectivity index (χ1n) is 7.89. The maximum Gasteiger partial charge on any atom is 0.273 e. The van der Waals surface area contributed by atoms with Gasteiger partial charge in [-0.2, -0.15) is 10.2 Å². The third-order valence-electron chi connectivity index (χ3n) is 3.83. The maximum absolute atomic E-state index is 12.4. The number of fused-ring (bicyclic) bond motifs is 3. The molecule has 1 aliphatic heterocycles. The standard InChI is InChI=1S/C17H15N5O2S/c1-2-5-14-21-22-12-9-18-20-16(24)11(15(12)19-17(22)25-14)8-10-6-3-4-7-13(10)23/h3-4,6-9,23H,2,5H2,1H3,(H,20,24)/b11-8-. The van der Waals surface area contributed by atoms with Gasteiger partial charge >= 0.3 is 0 Å². The lowest BCUT2D eigenvalue weighted by Gasteiger charge is -2.03. The van der Waals surface area contributed by atoms with E-state index in [1.54, 1.807) is 41.1 Å². The number of nitrogens with zero attached hydrogens (tertiary/aromatic N) is 4. The molecule has 2 aromatic heterocycles. The second-order valence-corrected chi connectivity index (χ2v) is 6.64. The fourth-order valence-corrected chi connectivity index (χ4v) is 3.65. The van der Waals surface area contributed by atoms with Gasteiger partial charge in [-0.1, -0.05) is 36.5 Å². The first kappa shape index (κ1) is 15.5. The molecule has 3 heterocycles. The molecule has 0 radical (unpaired) electrons. The lowest BCUT2D eigenvalue weighted by atomic mass is 10.1. The Morgan fingerprint density at radius 2 is 2.20 bits per heavy atom. The summed E-state index contributed by atoms with van der Waals surface area (Å²) >= 11 is 1.51. The molecule has 2 N–H and O–H groups in total. The van der Waals surface area contributed by atoms with Gasteiger partial charge in [0.05, 0.1) is 11.8 Å². The van der Waals surface area contributed by atoms with Crippen LogP contribution in [0.1, 0.15) is 35.3 Å². The Kier molecular flexibility index (Phi) is 3.81. The van der Waals surface area contributed by atoms with Crippen LogP contribution in [-0.4, -0.2) is 31.8 Å². The minimum Gasteiger partial charge on any atom is -0.507 e. The number of hydrogen-bond acceptors (Lipinski definition) is 6. The molecule has 0 aliphatic carbocycles. The van der Waals surface area contributed by atoms with Crippen LogP contribution in [0.5, 0.6) is 5.75 Å². The number of carbonyl (C=O) groups is 1. The largest absolute Gasteiger partial charge is 0.507 e. The summed E-state index contributed by atoms with van der Waals surface area (Å²) in [6.07, 6.45) is 5.06. The number of amides is 1. The molecule has 1 amide bonds. The number of phenols is 1. The summed E-state index contributed by atoms with van der Waals surface area (Å²) in [4.78, 5) is 17.7. The monoisotopic (exact) mass is 353 g/mol. The van der Waals surface area contributed by atoms with Gasteiger partial charge in [0.15, 0.2) is 0 Å². The highest BCUT2D eigenvalue weighted by atomic mass is 32.1. The number of imidazole rings is 1. The predicted octanol–water partition coefficient (Wildman–Crippen LogP) is 2.45. The summed E-state index contributed by atoms with van der Waals surface area (Å²) in [5, 5.41) is 19.5. The molecular weight excluding hydrogens is 338 g/mol. The van der Waals surface area contributed by atoms with Gasteiger partial charge in [0.1, 0.15) is 22.1 Å². The number of hydrogen-bond donors (Lipinski definition) is 2. The Morgan fingerprint density at radius 1 is 1.36 bits per heavy atom. The highest BCUT2D eigenvalue weighted by Crippen LogP contribution is 2.28. The summed E-state index contributed by atoms with van der Waals surface area (Å²) < 4.78 is 1.72. The van der Waals surface area contributed by atoms with Gasteiger partial charge < -0.3 is 5.11 Å². The molecule has 0 bridgehead atoms. The molecule has 0 atom stereocenters. The average molecular weight is 353 g/mol. The van der Waals surface area contributed by atoms with Crippen molar-refractivity contribution in [3.05, 3.63) is 46.2 Å². The summed E-state index contributed by atoms with van der Waals surface area (Å²) in [5.41, 5.74) is 4.49. The van der Waals surface area contributed by atoms with Crippen molar-refractivity contribution in [2.45, 2.75) is 19.8 Å². The van der Waals surface area contributed by atoms with Gasteiger partial charge in [-0.15, -0.1) is 0 Å².